The third kappa shape index (κ3) is 9.04. The van der Waals surface area contributed by atoms with E-state index < -0.39 is 0 Å². The first kappa shape index (κ1) is 51.3. The average Bonchev–Trinajstić information content (AvgIpc) is 1.66. The summed E-state index contributed by atoms with van der Waals surface area (Å²) in [5.74, 6) is 1.67. The summed E-state index contributed by atoms with van der Waals surface area (Å²) in [5.41, 5.74) is 17.7. The van der Waals surface area contributed by atoms with E-state index in [1.165, 1.54) is 16.2 Å². The van der Waals surface area contributed by atoms with Crippen LogP contribution >= 0.6 is 15.9 Å². The second kappa shape index (κ2) is 21.7. The van der Waals surface area contributed by atoms with Gasteiger partial charge < -0.3 is 10.2 Å². The number of para-hydroxylation sites is 12. The van der Waals surface area contributed by atoms with Crippen LogP contribution in [0.4, 0.5) is 28.4 Å². The molecule has 0 radical (unpaired) electrons. The van der Waals surface area contributed by atoms with E-state index in [1.54, 1.807) is 0 Å². The molecule has 18 aromatic rings. The van der Waals surface area contributed by atoms with Gasteiger partial charge in [-0.15, -0.1) is 0 Å². The molecule has 0 bridgehead atoms. The molecule has 6 aromatic heterocycles. The molecule has 0 aliphatic rings. The van der Waals surface area contributed by atoms with Crippen molar-refractivity contribution in [2.24, 2.45) is 0 Å². The van der Waals surface area contributed by atoms with E-state index in [4.69, 9.17) is 19.9 Å². The smallest absolute Gasteiger partial charge is 0.221 e. The molecule has 6 heterocycles. The van der Waals surface area contributed by atoms with Crippen molar-refractivity contribution in [3.05, 3.63) is 308 Å². The molecule has 1 N–H and O–H groups in total. The van der Waals surface area contributed by atoms with Crippen LogP contribution < -0.4 is 10.2 Å². The van der Waals surface area contributed by atoms with Gasteiger partial charge in [0.25, 0.3) is 0 Å². The highest BCUT2D eigenvalue weighted by Gasteiger charge is 2.23. The van der Waals surface area contributed by atoms with Gasteiger partial charge in [-0.2, -0.15) is 0 Å². The maximum Gasteiger partial charge on any atom is 0.221 e. The Morgan fingerprint density at radius 3 is 1.10 bits per heavy atom. The Balaban J connectivity index is 0.000000121. The van der Waals surface area contributed by atoms with Crippen molar-refractivity contribution in [2.75, 3.05) is 10.2 Å². The topological polar surface area (TPSA) is 85.5 Å². The van der Waals surface area contributed by atoms with Crippen molar-refractivity contribution in [2.45, 2.75) is 0 Å². The molecule has 0 unspecified atom stereocenters. The molecule has 10 nitrogen and oxygen atoms in total. The largest absolute Gasteiger partial charge is 0.356 e. The molecular weight excluding hydrogens is 1130 g/mol. The average molecular weight is 1180 g/mol. The summed E-state index contributed by atoms with van der Waals surface area (Å²) in [7, 11) is 0. The van der Waals surface area contributed by atoms with Crippen molar-refractivity contribution >= 4 is 143 Å². The van der Waals surface area contributed by atoms with Crippen LogP contribution in [0.1, 0.15) is 0 Å². The fourth-order valence-electron chi connectivity index (χ4n) is 12.2. The molecule has 12 aromatic carbocycles. The van der Waals surface area contributed by atoms with E-state index in [0.29, 0.717) is 0 Å². The van der Waals surface area contributed by atoms with Crippen LogP contribution in [0.2, 0.25) is 0 Å². The molecular formula is C76H51BrN10. The fourth-order valence-corrected chi connectivity index (χ4v) is 12.6. The lowest BCUT2D eigenvalue weighted by Gasteiger charge is -2.25. The number of aromatic nitrogens is 8. The van der Waals surface area contributed by atoms with E-state index in [2.05, 4.69) is 256 Å². The number of anilines is 5. The van der Waals surface area contributed by atoms with Gasteiger partial charge in [0.15, 0.2) is 0 Å². The Morgan fingerprint density at radius 1 is 0.276 bits per heavy atom. The number of benzene rings is 12. The Labute approximate surface area is 507 Å². The predicted octanol–water partition coefficient (Wildman–Crippen LogP) is 19.9. The second-order valence-corrected chi connectivity index (χ2v) is 22.2. The quantitative estimate of drug-likeness (QED) is 0.171. The Morgan fingerprint density at radius 2 is 0.632 bits per heavy atom. The molecule has 0 atom stereocenters. The molecule has 0 saturated heterocycles. The van der Waals surface area contributed by atoms with Crippen LogP contribution in [0.5, 0.6) is 0 Å². The number of fused-ring (bicyclic) bond motifs is 16. The van der Waals surface area contributed by atoms with Crippen LogP contribution in [0, 0.1) is 0 Å². The highest BCUT2D eigenvalue weighted by atomic mass is 79.9. The van der Waals surface area contributed by atoms with E-state index >= 15 is 0 Å². The number of nitrogens with zero attached hydrogens (tertiary/aromatic N) is 9. The van der Waals surface area contributed by atoms with Gasteiger partial charge in [-0.1, -0.05) is 174 Å². The monoisotopic (exact) mass is 1180 g/mol. The molecule has 0 spiro atoms. The van der Waals surface area contributed by atoms with Crippen LogP contribution in [0.25, 0.3) is 111 Å². The summed E-state index contributed by atoms with van der Waals surface area (Å²) in [6, 6.07) is 105. The van der Waals surface area contributed by atoms with Gasteiger partial charge in [-0.3, -0.25) is 17.9 Å². The summed E-state index contributed by atoms with van der Waals surface area (Å²) >= 11 is 3.64. The zero-order chi connectivity index (χ0) is 57.8. The van der Waals surface area contributed by atoms with E-state index in [9.17, 15) is 0 Å². The van der Waals surface area contributed by atoms with Crippen molar-refractivity contribution in [1.82, 2.24) is 37.9 Å². The number of hydrogen-bond acceptors (Lipinski definition) is 6. The van der Waals surface area contributed by atoms with Crippen LogP contribution in [0.3, 0.4) is 0 Å². The summed E-state index contributed by atoms with van der Waals surface area (Å²) < 4.78 is 10.00. The number of nitrogens with one attached hydrogen (secondary N) is 1. The van der Waals surface area contributed by atoms with Gasteiger partial charge in [0, 0.05) is 65.2 Å². The van der Waals surface area contributed by atoms with E-state index in [0.717, 1.165) is 127 Å². The minimum atomic E-state index is 0.823. The van der Waals surface area contributed by atoms with Crippen LogP contribution in [-0.2, 0) is 0 Å². The third-order valence-corrected chi connectivity index (χ3v) is 16.6. The molecule has 0 aliphatic carbocycles. The second-order valence-electron chi connectivity index (χ2n) is 21.3. The lowest BCUT2D eigenvalue weighted by molar-refractivity contribution is 0.979. The minimum Gasteiger partial charge on any atom is -0.356 e. The van der Waals surface area contributed by atoms with Crippen LogP contribution in [-0.4, -0.2) is 37.9 Å². The van der Waals surface area contributed by atoms with Gasteiger partial charge in [0.1, 0.15) is 11.3 Å². The van der Waals surface area contributed by atoms with Crippen molar-refractivity contribution in [1.29, 1.82) is 0 Å². The van der Waals surface area contributed by atoms with Gasteiger partial charge in [-0.05, 0) is 146 Å². The molecule has 11 heteroatoms. The van der Waals surface area contributed by atoms with Crippen molar-refractivity contribution in [3.63, 3.8) is 0 Å². The summed E-state index contributed by atoms with van der Waals surface area (Å²) in [5, 5.41) is 10.1. The molecule has 0 fully saturated rings. The third-order valence-electron chi connectivity index (χ3n) is 16.1. The first-order valence-corrected chi connectivity index (χ1v) is 29.7. The van der Waals surface area contributed by atoms with Gasteiger partial charge in [-0.25, -0.2) is 19.9 Å². The Kier molecular flexibility index (Phi) is 12.8. The Bertz CT molecular complexity index is 5510. The van der Waals surface area contributed by atoms with Gasteiger partial charge >= 0.3 is 0 Å². The van der Waals surface area contributed by atoms with E-state index in [1.807, 2.05) is 91.0 Å². The lowest BCUT2D eigenvalue weighted by atomic mass is 10.1. The number of imidazole rings is 2. The van der Waals surface area contributed by atoms with E-state index in [-0.39, 0.29) is 0 Å². The maximum atomic E-state index is 5.30. The molecule has 412 valence electrons. The highest BCUT2D eigenvalue weighted by Crippen LogP contribution is 2.41. The zero-order valence-corrected chi connectivity index (χ0v) is 48.4. The standard InChI is InChI=1S/C38H25N5.C26H15BrN4.C12H11N/c1-3-13-26(14-4-1)41(27-15-5-2-6-16-27)28-23-24-35-31(25-28)29-17-8-11-21-34(29)42(35)38-40-32-19-9-7-18-30(32)37-39-33-20-10-12-22-36(33)43(37)38;27-16-13-14-23-19(15-16)17-7-2-5-11-22(17)30(23)26-29-20-9-3-1-8-18(20)25-28-21-10-4-6-12-24(21)31(25)26;1-3-7-11(8-4-1)13-12-9-5-2-6-10-12/h1-25H;1-15H;1-10,13H. The fraction of sp³-hybridized carbons (Fsp3) is 0. The zero-order valence-electron chi connectivity index (χ0n) is 46.8. The summed E-state index contributed by atoms with van der Waals surface area (Å²) in [4.78, 5) is 22.8. The summed E-state index contributed by atoms with van der Waals surface area (Å²) in [6.45, 7) is 0. The molecule has 0 saturated carbocycles. The van der Waals surface area contributed by atoms with Gasteiger partial charge in [0.2, 0.25) is 11.9 Å². The number of hydrogen-bond donors (Lipinski definition) is 1. The molecule has 0 aliphatic heterocycles. The summed E-state index contributed by atoms with van der Waals surface area (Å²) in [6.07, 6.45) is 0. The van der Waals surface area contributed by atoms with Crippen molar-refractivity contribution in [3.8, 4) is 11.9 Å². The normalized spacial score (nSPS) is 11.5. The predicted molar refractivity (Wildman–Crippen MR) is 363 cm³/mol. The van der Waals surface area contributed by atoms with Crippen molar-refractivity contribution < 1.29 is 0 Å². The SMILES string of the molecule is Brc1ccc2c(c1)c1ccccc1n2-c1nc2ccccc2c2nc3ccccc3n12.c1ccc(N(c2ccccc2)c2ccc3c(c2)c2ccccc2n3-c2nc3ccccc3c3nc4ccccc4n23)cc1.c1ccc(Nc2ccccc2)cc1. The Hall–Kier alpha value is -11.4. The highest BCUT2D eigenvalue weighted by molar-refractivity contribution is 9.10. The first-order valence-electron chi connectivity index (χ1n) is 28.9. The molecule has 0 amide bonds. The maximum absolute atomic E-state index is 5.30. The number of rotatable bonds is 7. The molecule has 18 rings (SSSR count). The van der Waals surface area contributed by atoms with Crippen LogP contribution in [0.15, 0.2) is 308 Å². The molecule has 87 heavy (non-hydrogen) atoms. The number of halogens is 1. The lowest BCUT2D eigenvalue weighted by Crippen LogP contribution is -2.09. The van der Waals surface area contributed by atoms with Gasteiger partial charge in [0.05, 0.1) is 55.2 Å². The minimum absolute atomic E-state index is 0.823. The first-order chi connectivity index (χ1) is 43.1.